The minimum atomic E-state index is 0.797. The number of aromatic nitrogens is 3. The molecule has 3 rings (SSSR count). The number of hydrogen-bond acceptors (Lipinski definition) is 6. The Morgan fingerprint density at radius 1 is 1.09 bits per heavy atom. The van der Waals surface area contributed by atoms with Crippen LogP contribution in [0.5, 0.6) is 0 Å². The summed E-state index contributed by atoms with van der Waals surface area (Å²) in [5.74, 6) is 0.802. The number of anilines is 1. The van der Waals surface area contributed by atoms with Gasteiger partial charge >= 0.3 is 0 Å². The van der Waals surface area contributed by atoms with Crippen LogP contribution in [0.25, 0.3) is 10.6 Å². The second kappa shape index (κ2) is 7.38. The number of thiazole rings is 1. The third kappa shape index (κ3) is 3.84. The predicted molar refractivity (Wildman–Crippen MR) is 93.6 cm³/mol. The van der Waals surface area contributed by atoms with E-state index >= 15 is 0 Å². The Kier molecular flexibility index (Phi) is 5.03. The van der Waals surface area contributed by atoms with Gasteiger partial charge in [-0.2, -0.15) is 0 Å². The number of benzene rings is 1. The van der Waals surface area contributed by atoms with Crippen molar-refractivity contribution in [3.8, 4) is 10.6 Å². The molecule has 112 valence electrons. The first-order valence-electron chi connectivity index (χ1n) is 6.96. The highest BCUT2D eigenvalue weighted by atomic mass is 32.2. The zero-order chi connectivity index (χ0) is 15.2. The summed E-state index contributed by atoms with van der Waals surface area (Å²) in [4.78, 5) is 4.68. The summed E-state index contributed by atoms with van der Waals surface area (Å²) < 4.78 is 0. The van der Waals surface area contributed by atoms with E-state index in [9.17, 15) is 0 Å². The largest absolute Gasteiger partial charge is 0.368 e. The fourth-order valence-electron chi connectivity index (χ4n) is 1.98. The van der Waals surface area contributed by atoms with Crippen molar-refractivity contribution in [1.29, 1.82) is 0 Å². The molecule has 0 unspecified atom stereocenters. The molecule has 0 fully saturated rings. The van der Waals surface area contributed by atoms with Crippen LogP contribution in [0.15, 0.2) is 52.9 Å². The van der Waals surface area contributed by atoms with Gasteiger partial charge in [0.2, 0.25) is 0 Å². The average Bonchev–Trinajstić information content (AvgIpc) is 3.05. The van der Waals surface area contributed by atoms with E-state index in [1.165, 1.54) is 5.56 Å². The first-order valence-corrected chi connectivity index (χ1v) is 9.07. The summed E-state index contributed by atoms with van der Waals surface area (Å²) in [6.45, 7) is 0.797. The lowest BCUT2D eigenvalue weighted by Crippen LogP contribution is -2.07. The van der Waals surface area contributed by atoms with Crippen molar-refractivity contribution in [2.75, 3.05) is 18.1 Å². The van der Waals surface area contributed by atoms with Crippen molar-refractivity contribution in [1.82, 2.24) is 15.2 Å². The van der Waals surface area contributed by atoms with Gasteiger partial charge in [0.05, 0.1) is 5.69 Å². The minimum absolute atomic E-state index is 0.797. The van der Waals surface area contributed by atoms with Gasteiger partial charge in [0, 0.05) is 23.9 Å². The van der Waals surface area contributed by atoms with E-state index in [2.05, 4.69) is 38.0 Å². The highest BCUT2D eigenvalue weighted by Gasteiger charge is 2.04. The molecule has 0 saturated heterocycles. The molecule has 0 bridgehead atoms. The lowest BCUT2D eigenvalue weighted by molar-refractivity contribution is 0.905. The third-order valence-corrected chi connectivity index (χ3v) is 4.69. The van der Waals surface area contributed by atoms with Crippen LogP contribution in [0.3, 0.4) is 0 Å². The Morgan fingerprint density at radius 3 is 2.68 bits per heavy atom. The molecule has 0 saturated carbocycles. The molecule has 0 amide bonds. The van der Waals surface area contributed by atoms with Crippen molar-refractivity contribution in [3.63, 3.8) is 0 Å². The first-order chi connectivity index (χ1) is 10.8. The van der Waals surface area contributed by atoms with Gasteiger partial charge in [0.25, 0.3) is 0 Å². The van der Waals surface area contributed by atoms with Crippen molar-refractivity contribution in [2.24, 2.45) is 0 Å². The summed E-state index contributed by atoms with van der Waals surface area (Å²) in [6.07, 6.45) is 2.86. The van der Waals surface area contributed by atoms with Crippen LogP contribution < -0.4 is 5.32 Å². The topological polar surface area (TPSA) is 50.7 Å². The van der Waals surface area contributed by atoms with Crippen LogP contribution in [0.4, 0.5) is 5.82 Å². The van der Waals surface area contributed by atoms with E-state index < -0.39 is 0 Å². The highest BCUT2D eigenvalue weighted by Crippen LogP contribution is 2.23. The lowest BCUT2D eigenvalue weighted by Gasteiger charge is -2.03. The summed E-state index contributed by atoms with van der Waals surface area (Å²) in [6, 6.07) is 14.2. The smallest absolute Gasteiger partial charge is 0.148 e. The fourth-order valence-corrected chi connectivity index (χ4v) is 3.16. The van der Waals surface area contributed by atoms with E-state index in [0.717, 1.165) is 34.5 Å². The lowest BCUT2D eigenvalue weighted by atomic mass is 10.2. The molecule has 1 aromatic carbocycles. The molecule has 0 radical (unpaired) electrons. The first kappa shape index (κ1) is 15.0. The number of thioether (sulfide) groups is 1. The van der Waals surface area contributed by atoms with Gasteiger partial charge in [-0.15, -0.1) is 33.3 Å². The van der Waals surface area contributed by atoms with Gasteiger partial charge < -0.3 is 5.32 Å². The van der Waals surface area contributed by atoms with Crippen molar-refractivity contribution in [3.05, 3.63) is 53.5 Å². The van der Waals surface area contributed by atoms with Crippen LogP contribution in [-0.2, 0) is 6.42 Å². The number of hydrogen-bond donors (Lipinski definition) is 1. The Balaban J connectivity index is 1.54. The molecular weight excluding hydrogens is 312 g/mol. The van der Waals surface area contributed by atoms with E-state index in [0.29, 0.717) is 0 Å². The van der Waals surface area contributed by atoms with Crippen molar-refractivity contribution >= 4 is 28.9 Å². The maximum Gasteiger partial charge on any atom is 0.148 e. The maximum absolute atomic E-state index is 4.68. The summed E-state index contributed by atoms with van der Waals surface area (Å²) in [7, 11) is 0. The second-order valence-electron chi connectivity index (χ2n) is 4.65. The minimum Gasteiger partial charge on any atom is -0.368 e. The van der Waals surface area contributed by atoms with E-state index in [4.69, 9.17) is 0 Å². The molecular formula is C16H16N4S2. The molecule has 1 N–H and O–H groups in total. The average molecular weight is 328 g/mol. The number of rotatable bonds is 6. The SMILES string of the molecule is CSc1ccc(NCCc2csc(-c3ccccc3)n2)nn1. The molecule has 0 aliphatic carbocycles. The quantitative estimate of drug-likeness (QED) is 0.694. The number of nitrogens with zero attached hydrogens (tertiary/aromatic N) is 3. The molecule has 3 aromatic rings. The van der Waals surface area contributed by atoms with Gasteiger partial charge in [0.15, 0.2) is 0 Å². The Bertz CT molecular complexity index is 711. The Hall–Kier alpha value is -1.92. The van der Waals surface area contributed by atoms with Gasteiger partial charge in [-0.25, -0.2) is 4.98 Å². The normalized spacial score (nSPS) is 10.6. The van der Waals surface area contributed by atoms with Crippen LogP contribution in [0.1, 0.15) is 5.69 Å². The van der Waals surface area contributed by atoms with Crippen LogP contribution in [-0.4, -0.2) is 28.0 Å². The fraction of sp³-hybridized carbons (Fsp3) is 0.188. The highest BCUT2D eigenvalue weighted by molar-refractivity contribution is 7.98. The van der Waals surface area contributed by atoms with E-state index in [-0.39, 0.29) is 0 Å². The molecule has 0 aliphatic heterocycles. The Labute approximate surface area is 138 Å². The van der Waals surface area contributed by atoms with E-state index in [1.807, 2.05) is 36.6 Å². The predicted octanol–water partition coefficient (Wildman–Crippen LogP) is 3.98. The molecule has 0 spiro atoms. The molecule has 0 atom stereocenters. The van der Waals surface area contributed by atoms with Crippen LogP contribution in [0, 0.1) is 0 Å². The van der Waals surface area contributed by atoms with E-state index in [1.54, 1.807) is 23.1 Å². The zero-order valence-electron chi connectivity index (χ0n) is 12.2. The van der Waals surface area contributed by atoms with Gasteiger partial charge in [-0.1, -0.05) is 30.3 Å². The van der Waals surface area contributed by atoms with Crippen LogP contribution >= 0.6 is 23.1 Å². The zero-order valence-corrected chi connectivity index (χ0v) is 13.8. The summed E-state index contributed by atoms with van der Waals surface area (Å²) in [5.41, 5.74) is 2.27. The van der Waals surface area contributed by atoms with Crippen LogP contribution in [0.2, 0.25) is 0 Å². The molecule has 2 heterocycles. The summed E-state index contributed by atoms with van der Waals surface area (Å²) in [5, 5.41) is 15.6. The molecule has 22 heavy (non-hydrogen) atoms. The number of nitrogens with one attached hydrogen (secondary N) is 1. The van der Waals surface area contributed by atoms with Gasteiger partial charge in [-0.3, -0.25) is 0 Å². The standard InChI is InChI=1S/C16H16N4S2/c1-21-15-8-7-14(19-20-15)17-10-9-13-11-22-16(18-13)12-5-3-2-4-6-12/h2-8,11H,9-10H2,1H3,(H,17,19). The summed E-state index contributed by atoms with van der Waals surface area (Å²) >= 11 is 3.27. The van der Waals surface area contributed by atoms with Crippen molar-refractivity contribution in [2.45, 2.75) is 11.4 Å². The molecule has 6 heteroatoms. The molecule has 0 aliphatic rings. The van der Waals surface area contributed by atoms with Crippen molar-refractivity contribution < 1.29 is 0 Å². The second-order valence-corrected chi connectivity index (χ2v) is 6.33. The monoisotopic (exact) mass is 328 g/mol. The molecule has 2 aromatic heterocycles. The third-order valence-electron chi connectivity index (χ3n) is 3.11. The van der Waals surface area contributed by atoms with Gasteiger partial charge in [0.1, 0.15) is 15.9 Å². The maximum atomic E-state index is 4.68. The molecule has 4 nitrogen and oxygen atoms in total. The Morgan fingerprint density at radius 2 is 1.95 bits per heavy atom. The van der Waals surface area contributed by atoms with Gasteiger partial charge in [-0.05, 0) is 18.4 Å².